The van der Waals surface area contributed by atoms with E-state index in [1.165, 1.54) is 6.42 Å². The Morgan fingerprint density at radius 3 is 2.77 bits per heavy atom. The van der Waals surface area contributed by atoms with Gasteiger partial charge < -0.3 is 4.90 Å². The summed E-state index contributed by atoms with van der Waals surface area (Å²) in [5.74, 6) is -0.0758. The number of hydrogen-bond donors (Lipinski definition) is 0. The smallest absolute Gasteiger partial charge is 0.274 e. The monoisotopic (exact) mass is 318 g/mol. The third kappa shape index (κ3) is 2.86. The third-order valence-corrected chi connectivity index (χ3v) is 4.42. The van der Waals surface area contributed by atoms with Crippen molar-refractivity contribution >= 4 is 17.5 Å². The summed E-state index contributed by atoms with van der Waals surface area (Å²) < 4.78 is 1.94. The fraction of sp³-hybridized carbons (Fsp3) is 0.438. The van der Waals surface area contributed by atoms with Gasteiger partial charge in [-0.3, -0.25) is 9.48 Å². The Kier molecular flexibility index (Phi) is 4.16. The molecule has 1 aliphatic carbocycles. The molecule has 3 rings (SSSR count). The molecule has 0 radical (unpaired) electrons. The zero-order chi connectivity index (χ0) is 15.7. The van der Waals surface area contributed by atoms with Gasteiger partial charge in [-0.1, -0.05) is 17.7 Å². The highest BCUT2D eigenvalue weighted by molar-refractivity contribution is 6.30. The first kappa shape index (κ1) is 15.0. The number of halogens is 1. The molecule has 0 N–H and O–H groups in total. The van der Waals surface area contributed by atoms with Gasteiger partial charge in [0.1, 0.15) is 5.15 Å². The van der Waals surface area contributed by atoms with Crippen molar-refractivity contribution < 1.29 is 4.79 Å². The quantitative estimate of drug-likeness (QED) is 0.814. The van der Waals surface area contributed by atoms with Crippen LogP contribution >= 0.6 is 11.6 Å². The molecule has 1 saturated carbocycles. The number of carbonyl (C=O) groups is 1. The Labute approximate surface area is 134 Å². The number of carbonyl (C=O) groups excluding carboxylic acids is 1. The van der Waals surface area contributed by atoms with Crippen LogP contribution in [0, 0.1) is 0 Å². The largest absolute Gasteiger partial charge is 0.343 e. The summed E-state index contributed by atoms with van der Waals surface area (Å²) in [6, 6.07) is 4.21. The van der Waals surface area contributed by atoms with Crippen molar-refractivity contribution in [2.45, 2.75) is 31.7 Å². The molecule has 1 aliphatic rings. The summed E-state index contributed by atoms with van der Waals surface area (Å²) in [6.07, 6.45) is 7.70. The van der Waals surface area contributed by atoms with E-state index in [9.17, 15) is 4.79 Å². The molecule has 22 heavy (non-hydrogen) atoms. The molecule has 0 unspecified atom stereocenters. The highest BCUT2D eigenvalue weighted by Crippen LogP contribution is 2.32. The Bertz CT molecular complexity index is 691. The van der Waals surface area contributed by atoms with Crippen LogP contribution in [-0.4, -0.2) is 39.7 Å². The van der Waals surface area contributed by atoms with Crippen molar-refractivity contribution in [3.63, 3.8) is 0 Å². The average Bonchev–Trinajstić information content (AvgIpc) is 2.82. The van der Waals surface area contributed by atoms with Gasteiger partial charge in [0.2, 0.25) is 0 Å². The maximum absolute atomic E-state index is 12.4. The summed E-state index contributed by atoms with van der Waals surface area (Å²) in [5.41, 5.74) is 2.32. The predicted octanol–water partition coefficient (Wildman–Crippen LogP) is 2.95. The van der Waals surface area contributed by atoms with Gasteiger partial charge in [-0.25, -0.2) is 4.98 Å². The lowest BCUT2D eigenvalue weighted by Crippen LogP contribution is -2.24. The average molecular weight is 319 g/mol. The number of rotatable bonds is 4. The molecule has 5 nitrogen and oxygen atoms in total. The first-order valence-corrected chi connectivity index (χ1v) is 7.83. The maximum Gasteiger partial charge on any atom is 0.274 e. The van der Waals surface area contributed by atoms with Gasteiger partial charge in [0, 0.05) is 38.5 Å². The van der Waals surface area contributed by atoms with Crippen molar-refractivity contribution in [1.82, 2.24) is 19.7 Å². The number of pyridine rings is 1. The van der Waals surface area contributed by atoms with E-state index in [0.29, 0.717) is 23.3 Å². The first-order valence-electron chi connectivity index (χ1n) is 7.45. The van der Waals surface area contributed by atoms with Crippen LogP contribution in [0.15, 0.2) is 24.5 Å². The normalized spacial score (nSPS) is 14.7. The van der Waals surface area contributed by atoms with E-state index in [2.05, 4.69) is 10.1 Å². The molecule has 0 aliphatic heterocycles. The fourth-order valence-electron chi connectivity index (χ4n) is 2.55. The minimum absolute atomic E-state index is 0.0758. The SMILES string of the molecule is CN(C)C(=O)c1nn(C2CCC2)cc1Cc1cccnc1Cl. The van der Waals surface area contributed by atoms with Crippen molar-refractivity contribution in [2.75, 3.05) is 14.1 Å². The van der Waals surface area contributed by atoms with Crippen LogP contribution in [0.1, 0.15) is 46.9 Å². The van der Waals surface area contributed by atoms with Crippen LogP contribution in [0.2, 0.25) is 5.15 Å². The molecule has 1 amide bonds. The fourth-order valence-corrected chi connectivity index (χ4v) is 2.73. The second kappa shape index (κ2) is 6.08. The number of aromatic nitrogens is 3. The summed E-state index contributed by atoms with van der Waals surface area (Å²) in [6.45, 7) is 0. The molecular weight excluding hydrogens is 300 g/mol. The standard InChI is InChI=1S/C16H19ClN4O/c1-20(2)16(22)14-12(9-11-5-4-8-18-15(11)17)10-21(19-14)13-6-3-7-13/h4-5,8,10,13H,3,6-7,9H2,1-2H3. The minimum atomic E-state index is -0.0758. The van der Waals surface area contributed by atoms with Crippen LogP contribution in [0.25, 0.3) is 0 Å². The van der Waals surface area contributed by atoms with Crippen LogP contribution in [0.5, 0.6) is 0 Å². The molecule has 6 heteroatoms. The van der Waals surface area contributed by atoms with Crippen LogP contribution in [0.3, 0.4) is 0 Å². The minimum Gasteiger partial charge on any atom is -0.343 e. The molecule has 2 aromatic rings. The van der Waals surface area contributed by atoms with Crippen molar-refractivity contribution in [3.8, 4) is 0 Å². The number of nitrogens with zero attached hydrogens (tertiary/aromatic N) is 4. The highest BCUT2D eigenvalue weighted by atomic mass is 35.5. The van der Waals surface area contributed by atoms with E-state index in [-0.39, 0.29) is 5.91 Å². The van der Waals surface area contributed by atoms with E-state index < -0.39 is 0 Å². The zero-order valence-electron chi connectivity index (χ0n) is 12.8. The lowest BCUT2D eigenvalue weighted by atomic mass is 9.93. The lowest BCUT2D eigenvalue weighted by Gasteiger charge is -2.25. The number of hydrogen-bond acceptors (Lipinski definition) is 3. The molecule has 1 fully saturated rings. The molecular formula is C16H19ClN4O. The van der Waals surface area contributed by atoms with Gasteiger partial charge in [0.25, 0.3) is 5.91 Å². The molecule has 0 atom stereocenters. The van der Waals surface area contributed by atoms with Gasteiger partial charge in [-0.2, -0.15) is 5.10 Å². The first-order chi connectivity index (χ1) is 10.6. The van der Waals surface area contributed by atoms with E-state index in [1.54, 1.807) is 25.2 Å². The number of amides is 1. The van der Waals surface area contributed by atoms with Crippen LogP contribution < -0.4 is 0 Å². The Hall–Kier alpha value is -1.88. The van der Waals surface area contributed by atoms with E-state index in [0.717, 1.165) is 24.0 Å². The second-order valence-electron chi connectivity index (χ2n) is 5.90. The third-order valence-electron chi connectivity index (χ3n) is 4.08. The molecule has 2 heterocycles. The second-order valence-corrected chi connectivity index (χ2v) is 6.26. The van der Waals surface area contributed by atoms with E-state index in [1.807, 2.05) is 23.0 Å². The summed E-state index contributed by atoms with van der Waals surface area (Å²) in [4.78, 5) is 18.0. The Morgan fingerprint density at radius 1 is 1.41 bits per heavy atom. The highest BCUT2D eigenvalue weighted by Gasteiger charge is 2.25. The molecule has 0 bridgehead atoms. The van der Waals surface area contributed by atoms with Crippen LogP contribution in [-0.2, 0) is 6.42 Å². The molecule has 2 aromatic heterocycles. The Balaban J connectivity index is 1.95. The van der Waals surface area contributed by atoms with Crippen molar-refractivity contribution in [3.05, 3.63) is 46.5 Å². The zero-order valence-corrected chi connectivity index (χ0v) is 13.5. The molecule has 0 saturated heterocycles. The molecule has 116 valence electrons. The summed E-state index contributed by atoms with van der Waals surface area (Å²) in [7, 11) is 3.48. The Morgan fingerprint density at radius 2 is 2.18 bits per heavy atom. The van der Waals surface area contributed by atoms with Gasteiger partial charge in [-0.15, -0.1) is 0 Å². The molecule has 0 aromatic carbocycles. The van der Waals surface area contributed by atoms with Gasteiger partial charge >= 0.3 is 0 Å². The molecule has 0 spiro atoms. The van der Waals surface area contributed by atoms with Gasteiger partial charge in [-0.05, 0) is 30.9 Å². The summed E-state index contributed by atoms with van der Waals surface area (Å²) in [5, 5.41) is 5.02. The predicted molar refractivity (Wildman–Crippen MR) is 85.2 cm³/mol. The van der Waals surface area contributed by atoms with E-state index in [4.69, 9.17) is 11.6 Å². The topological polar surface area (TPSA) is 51.0 Å². The maximum atomic E-state index is 12.4. The van der Waals surface area contributed by atoms with Crippen molar-refractivity contribution in [2.24, 2.45) is 0 Å². The van der Waals surface area contributed by atoms with Crippen LogP contribution in [0.4, 0.5) is 0 Å². The lowest BCUT2D eigenvalue weighted by molar-refractivity contribution is 0.0819. The van der Waals surface area contributed by atoms with Gasteiger partial charge in [0.15, 0.2) is 5.69 Å². The van der Waals surface area contributed by atoms with Gasteiger partial charge in [0.05, 0.1) is 6.04 Å². The van der Waals surface area contributed by atoms with Crippen molar-refractivity contribution in [1.29, 1.82) is 0 Å². The van der Waals surface area contributed by atoms with E-state index >= 15 is 0 Å². The summed E-state index contributed by atoms with van der Waals surface area (Å²) >= 11 is 6.14.